The molecule has 0 aliphatic carbocycles. The van der Waals surface area contributed by atoms with Crippen LogP contribution in [0.5, 0.6) is 5.75 Å². The summed E-state index contributed by atoms with van der Waals surface area (Å²) < 4.78 is 44.5. The zero-order chi connectivity index (χ0) is 18.8. The average molecular weight is 417 g/mol. The highest BCUT2D eigenvalue weighted by Crippen LogP contribution is 2.35. The molecule has 2 aromatic rings. The van der Waals surface area contributed by atoms with Crippen molar-refractivity contribution in [3.63, 3.8) is 0 Å². The number of alkyl halides is 3. The zero-order valence-corrected chi connectivity index (χ0v) is 15.3. The second-order valence-electron chi connectivity index (χ2n) is 5.42. The standard InChI is InChI=1S/C17H16BrF3N2O2/c1-23(2)15-7-4-10(17(19,20)21)8-14(15)22-16(24)12-9-11(25-3)5-6-13(12)18/h4-9H,1-3H3,(H,22,24). The summed E-state index contributed by atoms with van der Waals surface area (Å²) in [4.78, 5) is 14.2. The van der Waals surface area contributed by atoms with Gasteiger partial charge in [-0.1, -0.05) is 0 Å². The van der Waals surface area contributed by atoms with Crippen molar-refractivity contribution < 1.29 is 22.7 Å². The third-order valence-electron chi connectivity index (χ3n) is 3.47. The normalized spacial score (nSPS) is 11.2. The topological polar surface area (TPSA) is 41.6 Å². The van der Waals surface area contributed by atoms with Gasteiger partial charge in [0.05, 0.1) is 29.6 Å². The van der Waals surface area contributed by atoms with Crippen LogP contribution in [0.4, 0.5) is 24.5 Å². The van der Waals surface area contributed by atoms with Crippen LogP contribution in [0.25, 0.3) is 0 Å². The minimum Gasteiger partial charge on any atom is -0.497 e. The number of carbonyl (C=O) groups excluding carboxylic acids is 1. The molecule has 2 rings (SSSR count). The molecule has 0 fully saturated rings. The molecule has 0 radical (unpaired) electrons. The Morgan fingerprint density at radius 1 is 1.16 bits per heavy atom. The van der Waals surface area contributed by atoms with Crippen molar-refractivity contribution in [2.24, 2.45) is 0 Å². The number of benzene rings is 2. The number of hydrogen-bond acceptors (Lipinski definition) is 3. The third-order valence-corrected chi connectivity index (χ3v) is 4.16. The second-order valence-corrected chi connectivity index (χ2v) is 6.28. The SMILES string of the molecule is COc1ccc(Br)c(C(=O)Nc2cc(C(F)(F)F)ccc2N(C)C)c1. The van der Waals surface area contributed by atoms with Gasteiger partial charge in [-0.25, -0.2) is 0 Å². The van der Waals surface area contributed by atoms with Gasteiger partial charge in [0.15, 0.2) is 0 Å². The van der Waals surface area contributed by atoms with Crippen LogP contribution in [0, 0.1) is 0 Å². The number of carbonyl (C=O) groups is 1. The number of methoxy groups -OCH3 is 1. The number of nitrogens with one attached hydrogen (secondary N) is 1. The first kappa shape index (κ1) is 19.1. The molecule has 0 aliphatic rings. The Hall–Kier alpha value is -2.22. The molecule has 1 N–H and O–H groups in total. The highest BCUT2D eigenvalue weighted by molar-refractivity contribution is 9.10. The molecule has 0 spiro atoms. The van der Waals surface area contributed by atoms with Crippen molar-refractivity contribution in [1.29, 1.82) is 0 Å². The molecule has 1 amide bonds. The van der Waals surface area contributed by atoms with E-state index in [2.05, 4.69) is 21.2 Å². The lowest BCUT2D eigenvalue weighted by Crippen LogP contribution is -2.18. The first-order valence-electron chi connectivity index (χ1n) is 7.17. The van der Waals surface area contributed by atoms with Crippen molar-refractivity contribution in [2.45, 2.75) is 6.18 Å². The maximum absolute atomic E-state index is 13.0. The predicted octanol–water partition coefficient (Wildman–Crippen LogP) is 4.79. The van der Waals surface area contributed by atoms with Crippen molar-refractivity contribution in [2.75, 3.05) is 31.4 Å². The van der Waals surface area contributed by atoms with Gasteiger partial charge in [0, 0.05) is 18.6 Å². The Balaban J connectivity index is 2.43. The smallest absolute Gasteiger partial charge is 0.416 e. The number of nitrogens with zero attached hydrogens (tertiary/aromatic N) is 1. The summed E-state index contributed by atoms with van der Waals surface area (Å²) >= 11 is 3.26. The van der Waals surface area contributed by atoms with Gasteiger partial charge in [0.25, 0.3) is 5.91 Å². The molecule has 0 saturated heterocycles. The van der Waals surface area contributed by atoms with Crippen LogP contribution < -0.4 is 15.0 Å². The van der Waals surface area contributed by atoms with E-state index in [9.17, 15) is 18.0 Å². The fraction of sp³-hybridized carbons (Fsp3) is 0.235. The monoisotopic (exact) mass is 416 g/mol. The summed E-state index contributed by atoms with van der Waals surface area (Å²) in [6.07, 6.45) is -4.50. The van der Waals surface area contributed by atoms with Gasteiger partial charge in [-0.2, -0.15) is 13.2 Å². The van der Waals surface area contributed by atoms with Crippen LogP contribution in [-0.2, 0) is 6.18 Å². The van der Waals surface area contributed by atoms with Gasteiger partial charge in [0.2, 0.25) is 0 Å². The molecule has 0 bridgehead atoms. The highest BCUT2D eigenvalue weighted by atomic mass is 79.9. The lowest BCUT2D eigenvalue weighted by molar-refractivity contribution is -0.137. The Labute approximate surface area is 151 Å². The fourth-order valence-electron chi connectivity index (χ4n) is 2.20. The second kappa shape index (κ2) is 7.35. The molecule has 0 unspecified atom stereocenters. The van der Waals surface area contributed by atoms with E-state index in [1.165, 1.54) is 19.2 Å². The minimum atomic E-state index is -4.50. The van der Waals surface area contributed by atoms with Gasteiger partial charge < -0.3 is 15.0 Å². The van der Waals surface area contributed by atoms with Crippen LogP contribution in [-0.4, -0.2) is 27.1 Å². The largest absolute Gasteiger partial charge is 0.497 e. The summed E-state index contributed by atoms with van der Waals surface area (Å²) in [5.41, 5.74) is -0.0560. The van der Waals surface area contributed by atoms with Gasteiger partial charge >= 0.3 is 6.18 Å². The maximum atomic E-state index is 13.0. The minimum absolute atomic E-state index is 0.0690. The van der Waals surface area contributed by atoms with Crippen molar-refractivity contribution in [3.8, 4) is 5.75 Å². The Kier molecular flexibility index (Phi) is 5.62. The van der Waals surface area contributed by atoms with Crippen LogP contribution in [0.1, 0.15) is 15.9 Å². The number of anilines is 2. The van der Waals surface area contributed by atoms with E-state index < -0.39 is 17.6 Å². The zero-order valence-electron chi connectivity index (χ0n) is 13.7. The van der Waals surface area contributed by atoms with Gasteiger partial charge in [-0.15, -0.1) is 0 Å². The van der Waals surface area contributed by atoms with E-state index in [1.54, 1.807) is 31.1 Å². The average Bonchev–Trinajstić information content (AvgIpc) is 2.54. The van der Waals surface area contributed by atoms with Crippen LogP contribution >= 0.6 is 15.9 Å². The number of ether oxygens (including phenoxy) is 1. The molecular formula is C17H16BrF3N2O2. The van der Waals surface area contributed by atoms with Crippen LogP contribution in [0.3, 0.4) is 0 Å². The Bertz CT molecular complexity index is 792. The first-order chi connectivity index (χ1) is 11.6. The van der Waals surface area contributed by atoms with Crippen molar-refractivity contribution in [3.05, 3.63) is 52.0 Å². The van der Waals surface area contributed by atoms with E-state index in [4.69, 9.17) is 4.74 Å². The highest BCUT2D eigenvalue weighted by Gasteiger charge is 2.31. The predicted molar refractivity (Wildman–Crippen MR) is 94.4 cm³/mol. The third kappa shape index (κ3) is 4.45. The molecule has 0 aliphatic heterocycles. The van der Waals surface area contributed by atoms with Gasteiger partial charge in [0.1, 0.15) is 5.75 Å². The molecule has 0 aromatic heterocycles. The molecule has 0 heterocycles. The number of hydrogen-bond donors (Lipinski definition) is 1. The van der Waals surface area contributed by atoms with Gasteiger partial charge in [-0.05, 0) is 52.3 Å². The summed E-state index contributed by atoms with van der Waals surface area (Å²) in [7, 11) is 4.82. The van der Waals surface area contributed by atoms with Crippen LogP contribution in [0.15, 0.2) is 40.9 Å². The summed E-state index contributed by atoms with van der Waals surface area (Å²) in [5, 5.41) is 2.55. The molecule has 0 saturated carbocycles. The van der Waals surface area contributed by atoms with Crippen molar-refractivity contribution >= 4 is 33.2 Å². The van der Waals surface area contributed by atoms with Gasteiger partial charge in [-0.3, -0.25) is 4.79 Å². The molecule has 25 heavy (non-hydrogen) atoms. The molecular weight excluding hydrogens is 401 g/mol. The molecule has 2 aromatic carbocycles. The molecule has 134 valence electrons. The molecule has 8 heteroatoms. The summed E-state index contributed by atoms with van der Waals surface area (Å²) in [5.74, 6) is -0.0848. The summed E-state index contributed by atoms with van der Waals surface area (Å²) in [6.45, 7) is 0. The lowest BCUT2D eigenvalue weighted by Gasteiger charge is -2.20. The van der Waals surface area contributed by atoms with E-state index in [-0.39, 0.29) is 11.3 Å². The Morgan fingerprint density at radius 3 is 2.40 bits per heavy atom. The van der Waals surface area contributed by atoms with E-state index in [1.807, 2.05) is 0 Å². The fourth-order valence-corrected chi connectivity index (χ4v) is 2.62. The van der Waals surface area contributed by atoms with E-state index in [0.717, 1.165) is 12.1 Å². The van der Waals surface area contributed by atoms with E-state index in [0.29, 0.717) is 15.9 Å². The van der Waals surface area contributed by atoms with Crippen molar-refractivity contribution in [1.82, 2.24) is 0 Å². The quantitative estimate of drug-likeness (QED) is 0.778. The van der Waals surface area contributed by atoms with E-state index >= 15 is 0 Å². The number of halogens is 4. The molecule has 4 nitrogen and oxygen atoms in total. The first-order valence-corrected chi connectivity index (χ1v) is 7.96. The maximum Gasteiger partial charge on any atom is 0.416 e. The Morgan fingerprint density at radius 2 is 1.84 bits per heavy atom. The number of amides is 1. The number of rotatable bonds is 4. The summed E-state index contributed by atoms with van der Waals surface area (Å²) in [6, 6.07) is 8.01. The van der Waals surface area contributed by atoms with Crippen LogP contribution in [0.2, 0.25) is 0 Å². The molecule has 0 atom stereocenters. The lowest BCUT2D eigenvalue weighted by atomic mass is 10.1.